The van der Waals surface area contributed by atoms with Crippen LogP contribution in [0.25, 0.3) is 0 Å². The van der Waals surface area contributed by atoms with Crippen LogP contribution in [0.4, 0.5) is 0 Å². The van der Waals surface area contributed by atoms with Gasteiger partial charge < -0.3 is 4.74 Å². The molecule has 0 bridgehead atoms. The standard InChI is InChI=1S/C15H22O2/c1-3-8-14(16)15(17-4-2)12-11-13-9-6-5-7-10-13/h5-7,9-10,15H,3-4,8,11-12H2,1-2H3. The summed E-state index contributed by atoms with van der Waals surface area (Å²) in [5, 5.41) is 0. The third-order valence-electron chi connectivity index (χ3n) is 2.76. The maximum atomic E-state index is 11.8. The van der Waals surface area contributed by atoms with Crippen LogP contribution in [0.5, 0.6) is 0 Å². The first-order chi connectivity index (χ1) is 8.27. The fourth-order valence-electron chi connectivity index (χ4n) is 1.89. The monoisotopic (exact) mass is 234 g/mol. The number of hydrogen-bond acceptors (Lipinski definition) is 2. The Hall–Kier alpha value is -1.15. The fraction of sp³-hybridized carbons (Fsp3) is 0.533. The lowest BCUT2D eigenvalue weighted by Gasteiger charge is -2.15. The number of rotatable bonds is 8. The minimum Gasteiger partial charge on any atom is -0.371 e. The maximum Gasteiger partial charge on any atom is 0.161 e. The molecule has 0 aliphatic rings. The first-order valence-corrected chi connectivity index (χ1v) is 6.46. The van der Waals surface area contributed by atoms with Crippen LogP contribution < -0.4 is 0 Å². The van der Waals surface area contributed by atoms with Gasteiger partial charge >= 0.3 is 0 Å². The molecule has 2 nitrogen and oxygen atoms in total. The van der Waals surface area contributed by atoms with Gasteiger partial charge in [-0.2, -0.15) is 0 Å². The summed E-state index contributed by atoms with van der Waals surface area (Å²) in [5.74, 6) is 0.241. The van der Waals surface area contributed by atoms with E-state index in [1.807, 2.05) is 32.0 Å². The molecule has 0 aliphatic heterocycles. The summed E-state index contributed by atoms with van der Waals surface area (Å²) in [6.07, 6.45) is 2.99. The van der Waals surface area contributed by atoms with Crippen LogP contribution >= 0.6 is 0 Å². The topological polar surface area (TPSA) is 26.3 Å². The SMILES string of the molecule is CCCC(=O)C(CCc1ccccc1)OCC. The lowest BCUT2D eigenvalue weighted by Crippen LogP contribution is -2.24. The molecule has 0 aromatic heterocycles. The van der Waals surface area contributed by atoms with Crippen LogP contribution in [-0.4, -0.2) is 18.5 Å². The van der Waals surface area contributed by atoms with E-state index in [0.717, 1.165) is 19.3 Å². The highest BCUT2D eigenvalue weighted by Gasteiger charge is 2.17. The van der Waals surface area contributed by atoms with E-state index in [1.54, 1.807) is 0 Å². The molecule has 0 spiro atoms. The van der Waals surface area contributed by atoms with Crippen molar-refractivity contribution in [1.29, 1.82) is 0 Å². The highest BCUT2D eigenvalue weighted by molar-refractivity contribution is 5.83. The summed E-state index contributed by atoms with van der Waals surface area (Å²) in [6.45, 7) is 4.57. The van der Waals surface area contributed by atoms with E-state index in [4.69, 9.17) is 4.74 Å². The summed E-state index contributed by atoms with van der Waals surface area (Å²) in [6, 6.07) is 10.2. The van der Waals surface area contributed by atoms with Gasteiger partial charge in [0.1, 0.15) is 6.10 Å². The summed E-state index contributed by atoms with van der Waals surface area (Å²) < 4.78 is 5.53. The highest BCUT2D eigenvalue weighted by atomic mass is 16.5. The van der Waals surface area contributed by atoms with E-state index in [2.05, 4.69) is 12.1 Å². The van der Waals surface area contributed by atoms with Crippen LogP contribution in [0, 0.1) is 0 Å². The van der Waals surface area contributed by atoms with E-state index < -0.39 is 0 Å². The number of ketones is 1. The lowest BCUT2D eigenvalue weighted by molar-refractivity contribution is -0.130. The Balaban J connectivity index is 2.47. The molecule has 2 heteroatoms. The smallest absolute Gasteiger partial charge is 0.161 e. The van der Waals surface area contributed by atoms with Crippen LogP contribution in [0.2, 0.25) is 0 Å². The van der Waals surface area contributed by atoms with E-state index >= 15 is 0 Å². The Labute approximate surface area is 104 Å². The minimum absolute atomic E-state index is 0.222. The Morgan fingerprint density at radius 2 is 1.94 bits per heavy atom. The van der Waals surface area contributed by atoms with Crippen molar-refractivity contribution >= 4 is 5.78 Å². The van der Waals surface area contributed by atoms with Crippen molar-refractivity contribution in [3.05, 3.63) is 35.9 Å². The molecule has 0 amide bonds. The van der Waals surface area contributed by atoms with Crippen LogP contribution in [0.1, 0.15) is 38.7 Å². The zero-order valence-electron chi connectivity index (χ0n) is 10.8. The molecule has 1 aromatic carbocycles. The molecular formula is C15H22O2. The van der Waals surface area contributed by atoms with Crippen molar-refractivity contribution < 1.29 is 9.53 Å². The van der Waals surface area contributed by atoms with Crippen LogP contribution in [0.15, 0.2) is 30.3 Å². The summed E-state index contributed by atoms with van der Waals surface area (Å²) in [7, 11) is 0. The molecular weight excluding hydrogens is 212 g/mol. The zero-order chi connectivity index (χ0) is 12.5. The number of carbonyl (C=O) groups excluding carboxylic acids is 1. The third-order valence-corrected chi connectivity index (χ3v) is 2.76. The number of carbonyl (C=O) groups is 1. The Morgan fingerprint density at radius 3 is 2.53 bits per heavy atom. The van der Waals surface area contributed by atoms with Crippen LogP contribution in [-0.2, 0) is 16.0 Å². The predicted molar refractivity (Wildman–Crippen MR) is 70.1 cm³/mol. The molecule has 0 N–H and O–H groups in total. The summed E-state index contributed by atoms with van der Waals surface area (Å²) in [5.41, 5.74) is 1.27. The average molecular weight is 234 g/mol. The second-order valence-corrected chi connectivity index (χ2v) is 4.18. The second-order valence-electron chi connectivity index (χ2n) is 4.18. The average Bonchev–Trinajstić information content (AvgIpc) is 2.36. The quantitative estimate of drug-likeness (QED) is 0.689. The zero-order valence-corrected chi connectivity index (χ0v) is 10.8. The van der Waals surface area contributed by atoms with E-state index in [0.29, 0.717) is 13.0 Å². The van der Waals surface area contributed by atoms with Crippen molar-refractivity contribution in [2.75, 3.05) is 6.61 Å². The van der Waals surface area contributed by atoms with Crippen molar-refractivity contribution in [1.82, 2.24) is 0 Å². The number of ether oxygens (including phenoxy) is 1. The van der Waals surface area contributed by atoms with Gasteiger partial charge in [0.05, 0.1) is 0 Å². The van der Waals surface area contributed by atoms with Gasteiger partial charge in [-0.25, -0.2) is 0 Å². The predicted octanol–water partition coefficient (Wildman–Crippen LogP) is 3.39. The normalized spacial score (nSPS) is 12.4. The molecule has 0 aliphatic carbocycles. The van der Waals surface area contributed by atoms with Gasteiger partial charge in [-0.3, -0.25) is 4.79 Å². The van der Waals surface area contributed by atoms with Gasteiger partial charge in [0, 0.05) is 13.0 Å². The largest absolute Gasteiger partial charge is 0.371 e. The Kier molecular flexibility index (Phi) is 6.56. The van der Waals surface area contributed by atoms with E-state index in [1.165, 1.54) is 5.56 Å². The second kappa shape index (κ2) is 8.02. The molecule has 17 heavy (non-hydrogen) atoms. The van der Waals surface area contributed by atoms with E-state index in [9.17, 15) is 4.79 Å². The van der Waals surface area contributed by atoms with Gasteiger partial charge in [-0.05, 0) is 31.7 Å². The molecule has 0 heterocycles. The maximum absolute atomic E-state index is 11.8. The molecule has 1 aromatic rings. The first-order valence-electron chi connectivity index (χ1n) is 6.46. The molecule has 0 fully saturated rings. The Morgan fingerprint density at radius 1 is 1.24 bits per heavy atom. The molecule has 0 saturated carbocycles. The highest BCUT2D eigenvalue weighted by Crippen LogP contribution is 2.10. The molecule has 1 rings (SSSR count). The van der Waals surface area contributed by atoms with Gasteiger partial charge in [-0.1, -0.05) is 37.3 Å². The fourth-order valence-corrected chi connectivity index (χ4v) is 1.89. The minimum atomic E-state index is -0.222. The third kappa shape index (κ3) is 5.14. The number of hydrogen-bond donors (Lipinski definition) is 0. The van der Waals surface area contributed by atoms with Crippen molar-refractivity contribution in [3.8, 4) is 0 Å². The van der Waals surface area contributed by atoms with Crippen molar-refractivity contribution in [3.63, 3.8) is 0 Å². The first kappa shape index (κ1) is 13.9. The van der Waals surface area contributed by atoms with Gasteiger partial charge in [-0.15, -0.1) is 0 Å². The number of aryl methyl sites for hydroxylation is 1. The number of benzene rings is 1. The van der Waals surface area contributed by atoms with Crippen molar-refractivity contribution in [2.24, 2.45) is 0 Å². The number of Topliss-reactive ketones (excluding diaryl/α,β-unsaturated/α-hetero) is 1. The van der Waals surface area contributed by atoms with Gasteiger partial charge in [0.15, 0.2) is 5.78 Å². The molecule has 94 valence electrons. The molecule has 1 unspecified atom stereocenters. The van der Waals surface area contributed by atoms with Crippen LogP contribution in [0.3, 0.4) is 0 Å². The lowest BCUT2D eigenvalue weighted by atomic mass is 10.0. The summed E-state index contributed by atoms with van der Waals surface area (Å²) in [4.78, 5) is 11.8. The van der Waals surface area contributed by atoms with Crippen molar-refractivity contribution in [2.45, 2.75) is 45.6 Å². The molecule has 0 saturated heterocycles. The van der Waals surface area contributed by atoms with Gasteiger partial charge in [0.2, 0.25) is 0 Å². The molecule has 0 radical (unpaired) electrons. The van der Waals surface area contributed by atoms with Gasteiger partial charge in [0.25, 0.3) is 0 Å². The Bertz CT molecular complexity index is 319. The molecule has 1 atom stereocenters. The van der Waals surface area contributed by atoms with E-state index in [-0.39, 0.29) is 11.9 Å². The summed E-state index contributed by atoms with van der Waals surface area (Å²) >= 11 is 0.